The van der Waals surface area contributed by atoms with Crippen molar-refractivity contribution >= 4 is 12.1 Å². The van der Waals surface area contributed by atoms with Crippen molar-refractivity contribution in [3.05, 3.63) is 35.9 Å². The van der Waals surface area contributed by atoms with Gasteiger partial charge in [0.1, 0.15) is 6.61 Å². The van der Waals surface area contributed by atoms with Crippen LogP contribution in [0.2, 0.25) is 0 Å². The van der Waals surface area contributed by atoms with Crippen LogP contribution in [0, 0.1) is 0 Å². The van der Waals surface area contributed by atoms with Crippen LogP contribution < -0.4 is 5.32 Å². The minimum absolute atomic E-state index is 0.239. The molecule has 0 aliphatic carbocycles. The second kappa shape index (κ2) is 6.91. The van der Waals surface area contributed by atoms with E-state index in [2.05, 4.69) is 0 Å². The molecule has 0 unspecified atom stereocenters. The van der Waals surface area contributed by atoms with E-state index in [9.17, 15) is 9.59 Å². The number of nitrogens with two attached hydrogens (primary N) is 1. The van der Waals surface area contributed by atoms with Gasteiger partial charge in [0.15, 0.2) is 0 Å². The summed E-state index contributed by atoms with van der Waals surface area (Å²) in [7, 11) is 1.35. The third kappa shape index (κ3) is 3.71. The zero-order chi connectivity index (χ0) is 14.4. The van der Waals surface area contributed by atoms with E-state index in [0.29, 0.717) is 19.6 Å². The van der Waals surface area contributed by atoms with Gasteiger partial charge in [-0.25, -0.2) is 9.59 Å². The van der Waals surface area contributed by atoms with Gasteiger partial charge in [0.05, 0.1) is 26.7 Å². The summed E-state index contributed by atoms with van der Waals surface area (Å²) in [4.78, 5) is 25.0. The Morgan fingerprint density at radius 3 is 2.80 bits per heavy atom. The van der Waals surface area contributed by atoms with E-state index in [1.807, 2.05) is 35.6 Å². The van der Waals surface area contributed by atoms with E-state index < -0.39 is 6.09 Å². The fourth-order valence-electron chi connectivity index (χ4n) is 2.13. The Bertz CT molecular complexity index is 464. The average molecular weight is 279 g/mol. The SMILES string of the molecule is COC(=O)[C@@H]1CN(C(=O)OCc2ccccc2)CC[NH2+]1. The van der Waals surface area contributed by atoms with Crippen LogP contribution in [0.3, 0.4) is 0 Å². The maximum absolute atomic E-state index is 12.0. The van der Waals surface area contributed by atoms with Crippen molar-refractivity contribution in [1.82, 2.24) is 4.90 Å². The first-order chi connectivity index (χ1) is 9.70. The third-order valence-electron chi connectivity index (χ3n) is 3.23. The number of rotatable bonds is 3. The van der Waals surface area contributed by atoms with Crippen LogP contribution in [-0.4, -0.2) is 49.7 Å². The Morgan fingerprint density at radius 2 is 2.10 bits per heavy atom. The highest BCUT2D eigenvalue weighted by Gasteiger charge is 2.32. The fourth-order valence-corrected chi connectivity index (χ4v) is 2.13. The zero-order valence-corrected chi connectivity index (χ0v) is 11.5. The van der Waals surface area contributed by atoms with Crippen molar-refractivity contribution in [2.24, 2.45) is 0 Å². The smallest absolute Gasteiger partial charge is 0.410 e. The lowest BCUT2D eigenvalue weighted by molar-refractivity contribution is -0.685. The van der Waals surface area contributed by atoms with Crippen LogP contribution in [0.4, 0.5) is 4.79 Å². The molecule has 6 heteroatoms. The molecule has 1 amide bonds. The zero-order valence-electron chi connectivity index (χ0n) is 11.5. The van der Waals surface area contributed by atoms with E-state index >= 15 is 0 Å². The number of esters is 1. The summed E-state index contributed by atoms with van der Waals surface area (Å²) in [6.07, 6.45) is -0.393. The standard InChI is InChI=1S/C14H18N2O4/c1-19-13(17)12-9-16(8-7-15-12)14(18)20-10-11-5-3-2-4-6-11/h2-6,12,15H,7-10H2,1H3/p+1/t12-/m0/s1. The number of ether oxygens (including phenoxy) is 2. The van der Waals surface area contributed by atoms with E-state index in [4.69, 9.17) is 9.47 Å². The molecule has 1 aromatic carbocycles. The van der Waals surface area contributed by atoms with E-state index in [-0.39, 0.29) is 18.6 Å². The van der Waals surface area contributed by atoms with Crippen molar-refractivity contribution in [3.8, 4) is 0 Å². The number of amides is 1. The van der Waals surface area contributed by atoms with Crippen LogP contribution in [0.5, 0.6) is 0 Å². The molecule has 1 saturated heterocycles. The molecule has 0 radical (unpaired) electrons. The van der Waals surface area contributed by atoms with Crippen LogP contribution in [0.25, 0.3) is 0 Å². The topological polar surface area (TPSA) is 72.5 Å². The highest BCUT2D eigenvalue weighted by atomic mass is 16.6. The van der Waals surface area contributed by atoms with Crippen LogP contribution in [0.15, 0.2) is 30.3 Å². The Balaban J connectivity index is 1.84. The van der Waals surface area contributed by atoms with Gasteiger partial charge >= 0.3 is 12.1 Å². The largest absolute Gasteiger partial charge is 0.465 e. The van der Waals surface area contributed by atoms with Gasteiger partial charge < -0.3 is 14.8 Å². The third-order valence-corrected chi connectivity index (χ3v) is 3.23. The first-order valence-corrected chi connectivity index (χ1v) is 6.57. The Hall–Kier alpha value is -2.08. The van der Waals surface area contributed by atoms with Gasteiger partial charge in [-0.15, -0.1) is 0 Å². The second-order valence-electron chi connectivity index (χ2n) is 4.64. The second-order valence-corrected chi connectivity index (χ2v) is 4.64. The van der Waals surface area contributed by atoms with E-state index in [1.165, 1.54) is 7.11 Å². The molecule has 1 aliphatic rings. The molecule has 0 aromatic heterocycles. The lowest BCUT2D eigenvalue weighted by atomic mass is 10.2. The summed E-state index contributed by atoms with van der Waals surface area (Å²) in [6, 6.07) is 9.13. The summed E-state index contributed by atoms with van der Waals surface area (Å²) < 4.78 is 9.95. The van der Waals surface area contributed by atoms with Crippen molar-refractivity contribution in [3.63, 3.8) is 0 Å². The number of carbonyl (C=O) groups excluding carboxylic acids is 2. The number of benzene rings is 1. The van der Waals surface area contributed by atoms with Gasteiger partial charge in [-0.2, -0.15) is 0 Å². The number of quaternary nitrogens is 1. The predicted molar refractivity (Wildman–Crippen MR) is 70.8 cm³/mol. The molecule has 108 valence electrons. The quantitative estimate of drug-likeness (QED) is 0.774. The normalized spacial score (nSPS) is 18.4. The molecule has 2 rings (SSSR count). The summed E-state index contributed by atoms with van der Waals surface area (Å²) >= 11 is 0. The number of methoxy groups -OCH3 is 1. The molecule has 2 N–H and O–H groups in total. The number of piperazine rings is 1. The summed E-state index contributed by atoms with van der Waals surface area (Å²) in [5.74, 6) is -0.314. The highest BCUT2D eigenvalue weighted by molar-refractivity contribution is 5.76. The average Bonchev–Trinajstić information content (AvgIpc) is 2.53. The maximum atomic E-state index is 12.0. The number of nitrogens with zero attached hydrogens (tertiary/aromatic N) is 1. The Labute approximate surface area is 117 Å². The van der Waals surface area contributed by atoms with Crippen LogP contribution in [-0.2, 0) is 20.9 Å². The van der Waals surface area contributed by atoms with Gasteiger partial charge in [0, 0.05) is 0 Å². The van der Waals surface area contributed by atoms with Crippen molar-refractivity contribution in [2.75, 3.05) is 26.7 Å². The van der Waals surface area contributed by atoms with Crippen LogP contribution in [0.1, 0.15) is 5.56 Å². The van der Waals surface area contributed by atoms with Crippen molar-refractivity contribution in [1.29, 1.82) is 0 Å². The minimum atomic E-state index is -0.393. The summed E-state index contributed by atoms with van der Waals surface area (Å²) in [5, 5.41) is 1.88. The lowest BCUT2D eigenvalue weighted by Crippen LogP contribution is -2.97. The first-order valence-electron chi connectivity index (χ1n) is 6.57. The highest BCUT2D eigenvalue weighted by Crippen LogP contribution is 2.04. The molecule has 0 spiro atoms. The van der Waals surface area contributed by atoms with Crippen molar-refractivity contribution < 1.29 is 24.4 Å². The molecule has 1 fully saturated rings. The molecule has 1 atom stereocenters. The van der Waals surface area contributed by atoms with Gasteiger partial charge in [-0.05, 0) is 5.56 Å². The molecule has 6 nitrogen and oxygen atoms in total. The molecule has 20 heavy (non-hydrogen) atoms. The molecule has 0 saturated carbocycles. The molecule has 1 aliphatic heterocycles. The summed E-state index contributed by atoms with van der Waals surface area (Å²) in [5.41, 5.74) is 0.939. The lowest BCUT2D eigenvalue weighted by Gasteiger charge is -2.28. The van der Waals surface area contributed by atoms with Gasteiger partial charge in [-0.3, -0.25) is 4.90 Å². The van der Waals surface area contributed by atoms with E-state index in [0.717, 1.165) is 5.56 Å². The fraction of sp³-hybridized carbons (Fsp3) is 0.429. The predicted octanol–water partition coefficient (Wildman–Crippen LogP) is -0.256. The number of hydrogen-bond acceptors (Lipinski definition) is 4. The molecular weight excluding hydrogens is 260 g/mol. The Morgan fingerprint density at radius 1 is 1.35 bits per heavy atom. The first kappa shape index (κ1) is 14.3. The van der Waals surface area contributed by atoms with Gasteiger partial charge in [0.2, 0.25) is 6.04 Å². The minimum Gasteiger partial charge on any atom is -0.465 e. The number of carbonyl (C=O) groups is 2. The number of hydrogen-bond donors (Lipinski definition) is 1. The van der Waals surface area contributed by atoms with Crippen molar-refractivity contribution in [2.45, 2.75) is 12.6 Å². The van der Waals surface area contributed by atoms with Gasteiger partial charge in [0.25, 0.3) is 0 Å². The molecule has 1 heterocycles. The molecular formula is C14H19N2O4+. The molecule has 0 bridgehead atoms. The van der Waals surface area contributed by atoms with Gasteiger partial charge in [-0.1, -0.05) is 30.3 Å². The molecule has 1 aromatic rings. The van der Waals surface area contributed by atoms with Crippen LogP contribution >= 0.6 is 0 Å². The van der Waals surface area contributed by atoms with E-state index in [1.54, 1.807) is 4.90 Å². The monoisotopic (exact) mass is 279 g/mol. The Kier molecular flexibility index (Phi) is 4.95. The maximum Gasteiger partial charge on any atom is 0.410 e. The summed E-state index contributed by atoms with van der Waals surface area (Å²) in [6.45, 7) is 1.80.